The third-order valence-electron chi connectivity index (χ3n) is 6.00. The monoisotopic (exact) mass is 504 g/mol. The molecule has 4 aromatic rings. The first-order valence-electron chi connectivity index (χ1n) is 12.2. The molecule has 0 aliphatic carbocycles. The van der Waals surface area contributed by atoms with Gasteiger partial charge in [-0.25, -0.2) is 18.0 Å². The Balaban J connectivity index is 1.45. The highest BCUT2D eigenvalue weighted by Gasteiger charge is 2.17. The quantitative estimate of drug-likeness (QED) is 0.130. The minimum absolute atomic E-state index is 0.0345. The predicted octanol–water partition coefficient (Wildman–Crippen LogP) is 8.53. The van der Waals surface area contributed by atoms with Gasteiger partial charge >= 0.3 is 5.97 Å². The molecule has 0 aromatic heterocycles. The molecule has 0 saturated carbocycles. The lowest BCUT2D eigenvalue weighted by Crippen LogP contribution is -2.09. The summed E-state index contributed by atoms with van der Waals surface area (Å²) in [7, 11) is 0. The average molecular weight is 505 g/mol. The maximum absolute atomic E-state index is 14.9. The lowest BCUT2D eigenvalue weighted by molar-refractivity contribution is 0.0734. The summed E-state index contributed by atoms with van der Waals surface area (Å²) in [5.74, 6) is -3.10. The molecule has 0 aliphatic rings. The molecule has 4 aromatic carbocycles. The molecular formula is C31H27F3O3. The zero-order valence-corrected chi connectivity index (χ0v) is 20.7. The van der Waals surface area contributed by atoms with E-state index >= 15 is 0 Å². The molecule has 0 aliphatic heterocycles. The van der Waals surface area contributed by atoms with Crippen molar-refractivity contribution in [2.75, 3.05) is 6.61 Å². The van der Waals surface area contributed by atoms with Gasteiger partial charge in [0.25, 0.3) is 0 Å². The maximum Gasteiger partial charge on any atom is 0.343 e. The number of aryl methyl sites for hydroxylation is 1. The Morgan fingerprint density at radius 2 is 1.35 bits per heavy atom. The summed E-state index contributed by atoms with van der Waals surface area (Å²) in [4.78, 5) is 12.5. The molecule has 0 fully saturated rings. The summed E-state index contributed by atoms with van der Waals surface area (Å²) in [6, 6.07) is 20.1. The smallest absolute Gasteiger partial charge is 0.343 e. The van der Waals surface area contributed by atoms with Crippen LogP contribution in [-0.4, -0.2) is 12.6 Å². The Hall–Kier alpha value is -4.06. The summed E-state index contributed by atoms with van der Waals surface area (Å²) in [6.07, 6.45) is 2.86. The number of rotatable bonds is 9. The number of hydrogen-bond acceptors (Lipinski definition) is 3. The highest BCUT2D eigenvalue weighted by Crippen LogP contribution is 2.32. The van der Waals surface area contributed by atoms with E-state index in [1.165, 1.54) is 48.5 Å². The van der Waals surface area contributed by atoms with Gasteiger partial charge < -0.3 is 9.47 Å². The van der Waals surface area contributed by atoms with Crippen molar-refractivity contribution in [3.63, 3.8) is 0 Å². The number of unbranched alkanes of at least 4 members (excludes halogenated alkanes) is 2. The van der Waals surface area contributed by atoms with Crippen LogP contribution in [0.1, 0.15) is 42.1 Å². The van der Waals surface area contributed by atoms with Gasteiger partial charge in [0.15, 0.2) is 23.2 Å². The van der Waals surface area contributed by atoms with Gasteiger partial charge in [-0.15, -0.1) is 0 Å². The maximum atomic E-state index is 14.9. The zero-order chi connectivity index (χ0) is 26.4. The number of esters is 1. The molecule has 0 amide bonds. The van der Waals surface area contributed by atoms with Crippen LogP contribution in [0.4, 0.5) is 13.2 Å². The zero-order valence-electron chi connectivity index (χ0n) is 20.7. The molecule has 190 valence electrons. The van der Waals surface area contributed by atoms with Crippen LogP contribution in [0.5, 0.6) is 11.5 Å². The Labute approximate surface area is 214 Å². The number of hydrogen-bond donors (Lipinski definition) is 0. The van der Waals surface area contributed by atoms with E-state index < -0.39 is 23.4 Å². The molecule has 4 rings (SSSR count). The second kappa shape index (κ2) is 11.8. The first-order chi connectivity index (χ1) is 17.9. The van der Waals surface area contributed by atoms with Crippen molar-refractivity contribution in [1.82, 2.24) is 0 Å². The van der Waals surface area contributed by atoms with Crippen LogP contribution in [0.2, 0.25) is 0 Å². The third kappa shape index (κ3) is 6.20. The highest BCUT2D eigenvalue weighted by atomic mass is 19.2. The number of halogens is 3. The molecule has 0 saturated heterocycles. The van der Waals surface area contributed by atoms with Crippen LogP contribution in [-0.2, 0) is 0 Å². The third-order valence-corrected chi connectivity index (χ3v) is 6.00. The van der Waals surface area contributed by atoms with E-state index in [1.54, 1.807) is 12.1 Å². The van der Waals surface area contributed by atoms with Crippen LogP contribution in [0.25, 0.3) is 22.3 Å². The summed E-state index contributed by atoms with van der Waals surface area (Å²) in [6.45, 7) is 4.40. The van der Waals surface area contributed by atoms with Crippen LogP contribution >= 0.6 is 0 Å². The Kier molecular flexibility index (Phi) is 8.29. The van der Waals surface area contributed by atoms with Crippen LogP contribution < -0.4 is 9.47 Å². The minimum Gasteiger partial charge on any atom is -0.491 e. The van der Waals surface area contributed by atoms with Crippen molar-refractivity contribution in [2.45, 2.75) is 33.1 Å². The normalized spacial score (nSPS) is 10.8. The van der Waals surface area contributed by atoms with E-state index in [1.807, 2.05) is 19.1 Å². The van der Waals surface area contributed by atoms with Gasteiger partial charge in [0.05, 0.1) is 12.2 Å². The van der Waals surface area contributed by atoms with Crippen LogP contribution in [0.15, 0.2) is 78.9 Å². The molecule has 3 nitrogen and oxygen atoms in total. The minimum atomic E-state index is -0.971. The molecule has 0 heterocycles. The second-order valence-electron chi connectivity index (χ2n) is 8.77. The molecule has 0 spiro atoms. The van der Waals surface area contributed by atoms with Gasteiger partial charge in [-0.2, -0.15) is 0 Å². The predicted molar refractivity (Wildman–Crippen MR) is 138 cm³/mol. The second-order valence-corrected chi connectivity index (χ2v) is 8.77. The van der Waals surface area contributed by atoms with E-state index in [4.69, 9.17) is 9.47 Å². The number of benzene rings is 4. The number of carbonyl (C=O) groups is 1. The van der Waals surface area contributed by atoms with Gasteiger partial charge in [0, 0.05) is 17.2 Å². The van der Waals surface area contributed by atoms with Crippen molar-refractivity contribution in [3.8, 4) is 33.8 Å². The lowest BCUT2D eigenvalue weighted by atomic mass is 9.98. The standard InChI is InChI=1S/C31H27F3O3/c1-3-4-5-18-36-28-17-14-24(19-27(28)32)37-31(35)23-12-10-22(11-13-23)26-16-15-25(29(33)30(26)34)21-8-6-20(2)7-9-21/h6-17,19H,3-5,18H2,1-2H3. The Morgan fingerprint density at radius 1 is 0.757 bits per heavy atom. The van der Waals surface area contributed by atoms with Crippen molar-refractivity contribution in [2.24, 2.45) is 0 Å². The summed E-state index contributed by atoms with van der Waals surface area (Å²) in [5, 5.41) is 0. The fraction of sp³-hybridized carbons (Fsp3) is 0.194. The first-order valence-corrected chi connectivity index (χ1v) is 12.2. The van der Waals surface area contributed by atoms with Gasteiger partial charge in [0.2, 0.25) is 0 Å². The lowest BCUT2D eigenvalue weighted by Gasteiger charge is -2.11. The highest BCUT2D eigenvalue weighted by molar-refractivity contribution is 5.91. The van der Waals surface area contributed by atoms with Crippen molar-refractivity contribution in [1.29, 1.82) is 0 Å². The Morgan fingerprint density at radius 3 is 1.92 bits per heavy atom. The van der Waals surface area contributed by atoms with E-state index in [9.17, 15) is 18.0 Å². The van der Waals surface area contributed by atoms with Crippen LogP contribution in [0.3, 0.4) is 0 Å². The van der Waals surface area contributed by atoms with Crippen molar-refractivity contribution in [3.05, 3.63) is 107 Å². The topological polar surface area (TPSA) is 35.5 Å². The molecule has 0 unspecified atom stereocenters. The molecule has 0 radical (unpaired) electrons. The fourth-order valence-corrected chi connectivity index (χ4v) is 3.88. The van der Waals surface area contributed by atoms with Gasteiger partial charge in [-0.05, 0) is 48.7 Å². The van der Waals surface area contributed by atoms with E-state index in [0.717, 1.165) is 30.9 Å². The summed E-state index contributed by atoms with van der Waals surface area (Å²) >= 11 is 0. The first kappa shape index (κ1) is 26.0. The molecule has 37 heavy (non-hydrogen) atoms. The number of carbonyl (C=O) groups excluding carboxylic acids is 1. The van der Waals surface area contributed by atoms with Crippen molar-refractivity contribution < 1.29 is 27.4 Å². The van der Waals surface area contributed by atoms with E-state index in [-0.39, 0.29) is 28.2 Å². The van der Waals surface area contributed by atoms with Crippen molar-refractivity contribution >= 4 is 5.97 Å². The molecule has 6 heteroatoms. The summed E-state index contributed by atoms with van der Waals surface area (Å²) < 4.78 is 54.8. The molecule has 0 N–H and O–H groups in total. The van der Waals surface area contributed by atoms with Crippen LogP contribution in [0, 0.1) is 24.4 Å². The van der Waals surface area contributed by atoms with Gasteiger partial charge in [0.1, 0.15) is 5.75 Å². The van der Waals surface area contributed by atoms with Gasteiger partial charge in [-0.3, -0.25) is 0 Å². The fourth-order valence-electron chi connectivity index (χ4n) is 3.88. The molecule has 0 bridgehead atoms. The molecule has 0 atom stereocenters. The number of ether oxygens (including phenoxy) is 2. The van der Waals surface area contributed by atoms with Gasteiger partial charge in [-0.1, -0.05) is 73.9 Å². The molecular weight excluding hydrogens is 477 g/mol. The average Bonchev–Trinajstić information content (AvgIpc) is 2.90. The largest absolute Gasteiger partial charge is 0.491 e. The Bertz CT molecular complexity index is 1380. The van der Waals surface area contributed by atoms with E-state index in [2.05, 4.69) is 6.92 Å². The SMILES string of the molecule is CCCCCOc1ccc(OC(=O)c2ccc(-c3ccc(-c4ccc(C)cc4)c(F)c3F)cc2)cc1F. The summed E-state index contributed by atoms with van der Waals surface area (Å²) in [5.41, 5.74) is 2.43. The van der Waals surface area contributed by atoms with E-state index in [0.29, 0.717) is 17.7 Å².